The predicted octanol–water partition coefficient (Wildman–Crippen LogP) is 2.97. The molecule has 0 saturated carbocycles. The highest BCUT2D eigenvalue weighted by molar-refractivity contribution is 5.76. The molecular weight excluding hydrogens is 174 g/mol. The van der Waals surface area contributed by atoms with E-state index >= 15 is 0 Å². The zero-order valence-electron chi connectivity index (χ0n) is 10.5. The largest absolute Gasteiger partial charge is 0.354 e. The van der Waals surface area contributed by atoms with Crippen LogP contribution in [0.5, 0.6) is 0 Å². The van der Waals surface area contributed by atoms with Gasteiger partial charge in [0.05, 0.1) is 0 Å². The number of hydrogen-bond acceptors (Lipinski definition) is 1. The molecule has 0 aromatic rings. The fourth-order valence-electron chi connectivity index (χ4n) is 1.17. The van der Waals surface area contributed by atoms with E-state index in [1.54, 1.807) is 0 Å². The first-order chi connectivity index (χ1) is 6.23. The first-order valence-electron chi connectivity index (χ1n) is 5.53. The smallest absolute Gasteiger partial charge is 0.220 e. The van der Waals surface area contributed by atoms with Crippen molar-refractivity contribution in [3.8, 4) is 0 Å². The highest BCUT2D eigenvalue weighted by Crippen LogP contribution is 2.28. The minimum absolute atomic E-state index is 0.177. The van der Waals surface area contributed by atoms with Gasteiger partial charge in [0.15, 0.2) is 0 Å². The Morgan fingerprint density at radius 2 is 1.71 bits per heavy atom. The van der Waals surface area contributed by atoms with E-state index < -0.39 is 0 Å². The molecule has 1 amide bonds. The lowest BCUT2D eigenvalue weighted by Crippen LogP contribution is -2.30. The molecule has 84 valence electrons. The minimum atomic E-state index is 0.177. The number of amides is 1. The van der Waals surface area contributed by atoms with E-state index in [2.05, 4.69) is 33.0 Å². The van der Waals surface area contributed by atoms with Crippen molar-refractivity contribution >= 4 is 5.91 Å². The maximum Gasteiger partial charge on any atom is 0.220 e. The molecule has 0 spiro atoms. The SMILES string of the molecule is CC(C)NC(=O)CCC(C)C(C)(C)C. The predicted molar refractivity (Wildman–Crippen MR) is 61.1 cm³/mol. The fraction of sp³-hybridized carbons (Fsp3) is 0.917. The molecule has 0 saturated heterocycles. The summed E-state index contributed by atoms with van der Waals surface area (Å²) in [5.74, 6) is 0.761. The van der Waals surface area contributed by atoms with Gasteiger partial charge in [0.2, 0.25) is 5.91 Å². The Morgan fingerprint density at radius 3 is 2.07 bits per heavy atom. The van der Waals surface area contributed by atoms with Crippen molar-refractivity contribution < 1.29 is 4.79 Å². The Labute approximate surface area is 88.5 Å². The maximum absolute atomic E-state index is 11.4. The molecule has 1 unspecified atom stereocenters. The molecule has 0 aromatic carbocycles. The molecular formula is C12H25NO. The Balaban J connectivity index is 3.78. The third kappa shape index (κ3) is 6.01. The second kappa shape index (κ2) is 5.38. The van der Waals surface area contributed by atoms with Gasteiger partial charge in [-0.3, -0.25) is 4.79 Å². The third-order valence-electron chi connectivity index (χ3n) is 2.73. The standard InChI is InChI=1S/C12H25NO/c1-9(2)13-11(14)8-7-10(3)12(4,5)6/h9-10H,7-8H2,1-6H3,(H,13,14). The van der Waals surface area contributed by atoms with Crippen LogP contribution in [0.25, 0.3) is 0 Å². The average molecular weight is 199 g/mol. The molecule has 1 N–H and O–H groups in total. The summed E-state index contributed by atoms with van der Waals surface area (Å²) in [6.45, 7) is 12.9. The molecule has 14 heavy (non-hydrogen) atoms. The second-order valence-electron chi connectivity index (χ2n) is 5.53. The van der Waals surface area contributed by atoms with E-state index in [1.807, 2.05) is 13.8 Å². The van der Waals surface area contributed by atoms with E-state index in [4.69, 9.17) is 0 Å². The van der Waals surface area contributed by atoms with Crippen LogP contribution in [0.4, 0.5) is 0 Å². The Hall–Kier alpha value is -0.530. The van der Waals surface area contributed by atoms with Gasteiger partial charge in [-0.05, 0) is 31.6 Å². The molecule has 0 radical (unpaired) electrons. The van der Waals surface area contributed by atoms with Crippen LogP contribution in [0, 0.1) is 11.3 Å². The second-order valence-corrected chi connectivity index (χ2v) is 5.53. The van der Waals surface area contributed by atoms with Crippen molar-refractivity contribution in [3.05, 3.63) is 0 Å². The zero-order chi connectivity index (χ0) is 11.4. The molecule has 0 aliphatic rings. The number of carbonyl (C=O) groups is 1. The van der Waals surface area contributed by atoms with E-state index in [0.29, 0.717) is 17.8 Å². The number of nitrogens with one attached hydrogen (secondary N) is 1. The average Bonchev–Trinajstić information content (AvgIpc) is 1.96. The molecule has 0 bridgehead atoms. The topological polar surface area (TPSA) is 29.1 Å². The summed E-state index contributed by atoms with van der Waals surface area (Å²) in [6.07, 6.45) is 1.62. The molecule has 0 rings (SSSR count). The van der Waals surface area contributed by atoms with E-state index in [0.717, 1.165) is 6.42 Å². The molecule has 0 aliphatic heterocycles. The third-order valence-corrected chi connectivity index (χ3v) is 2.73. The van der Waals surface area contributed by atoms with Crippen molar-refractivity contribution in [1.82, 2.24) is 5.32 Å². The number of rotatable bonds is 4. The fourth-order valence-corrected chi connectivity index (χ4v) is 1.17. The maximum atomic E-state index is 11.4. The van der Waals surface area contributed by atoms with Gasteiger partial charge < -0.3 is 5.32 Å². The first-order valence-corrected chi connectivity index (χ1v) is 5.53. The lowest BCUT2D eigenvalue weighted by molar-refractivity contribution is -0.122. The normalized spacial score (nSPS) is 14.2. The number of carbonyl (C=O) groups excluding carboxylic acids is 1. The minimum Gasteiger partial charge on any atom is -0.354 e. The Kier molecular flexibility index (Phi) is 5.17. The molecule has 0 aromatic heterocycles. The van der Waals surface area contributed by atoms with Crippen molar-refractivity contribution in [2.75, 3.05) is 0 Å². The molecule has 0 heterocycles. The van der Waals surface area contributed by atoms with E-state index in [1.165, 1.54) is 0 Å². The van der Waals surface area contributed by atoms with Gasteiger partial charge in [0, 0.05) is 12.5 Å². The van der Waals surface area contributed by atoms with Crippen LogP contribution < -0.4 is 5.32 Å². The molecule has 2 nitrogen and oxygen atoms in total. The van der Waals surface area contributed by atoms with Crippen LogP contribution in [-0.2, 0) is 4.79 Å². The van der Waals surface area contributed by atoms with Crippen LogP contribution in [0.2, 0.25) is 0 Å². The number of hydrogen-bond donors (Lipinski definition) is 1. The van der Waals surface area contributed by atoms with Crippen molar-refractivity contribution in [1.29, 1.82) is 0 Å². The van der Waals surface area contributed by atoms with Gasteiger partial charge in [-0.15, -0.1) is 0 Å². The monoisotopic (exact) mass is 199 g/mol. The van der Waals surface area contributed by atoms with Crippen LogP contribution in [0.1, 0.15) is 54.4 Å². The van der Waals surface area contributed by atoms with Gasteiger partial charge in [0.1, 0.15) is 0 Å². The molecule has 0 fully saturated rings. The van der Waals surface area contributed by atoms with Gasteiger partial charge in [-0.1, -0.05) is 27.7 Å². The highest BCUT2D eigenvalue weighted by Gasteiger charge is 2.20. The van der Waals surface area contributed by atoms with E-state index in [9.17, 15) is 4.79 Å². The lowest BCUT2D eigenvalue weighted by Gasteiger charge is -2.27. The summed E-state index contributed by atoms with van der Waals surface area (Å²) in [7, 11) is 0. The van der Waals surface area contributed by atoms with Crippen molar-refractivity contribution in [2.45, 2.75) is 60.4 Å². The Bertz CT molecular complexity index is 179. The summed E-state index contributed by atoms with van der Waals surface area (Å²) in [5, 5.41) is 2.91. The summed E-state index contributed by atoms with van der Waals surface area (Å²) < 4.78 is 0. The summed E-state index contributed by atoms with van der Waals surface area (Å²) in [6, 6.07) is 0.257. The van der Waals surface area contributed by atoms with Gasteiger partial charge in [0.25, 0.3) is 0 Å². The van der Waals surface area contributed by atoms with Crippen LogP contribution >= 0.6 is 0 Å². The highest BCUT2D eigenvalue weighted by atomic mass is 16.1. The lowest BCUT2D eigenvalue weighted by atomic mass is 9.79. The van der Waals surface area contributed by atoms with Crippen molar-refractivity contribution in [2.24, 2.45) is 11.3 Å². The summed E-state index contributed by atoms with van der Waals surface area (Å²) >= 11 is 0. The van der Waals surface area contributed by atoms with E-state index in [-0.39, 0.29) is 11.9 Å². The summed E-state index contributed by atoms with van der Waals surface area (Å²) in [4.78, 5) is 11.4. The van der Waals surface area contributed by atoms with Gasteiger partial charge in [-0.25, -0.2) is 0 Å². The summed E-state index contributed by atoms with van der Waals surface area (Å²) in [5.41, 5.74) is 0.304. The van der Waals surface area contributed by atoms with Crippen LogP contribution in [0.15, 0.2) is 0 Å². The van der Waals surface area contributed by atoms with Crippen molar-refractivity contribution in [3.63, 3.8) is 0 Å². The van der Waals surface area contributed by atoms with Gasteiger partial charge in [-0.2, -0.15) is 0 Å². The first kappa shape index (κ1) is 13.5. The van der Waals surface area contributed by atoms with Crippen LogP contribution in [0.3, 0.4) is 0 Å². The Morgan fingerprint density at radius 1 is 1.21 bits per heavy atom. The quantitative estimate of drug-likeness (QED) is 0.741. The van der Waals surface area contributed by atoms with Gasteiger partial charge >= 0.3 is 0 Å². The zero-order valence-corrected chi connectivity index (χ0v) is 10.5. The molecule has 0 aliphatic carbocycles. The van der Waals surface area contributed by atoms with Crippen LogP contribution in [-0.4, -0.2) is 11.9 Å². The molecule has 1 atom stereocenters. The molecule has 2 heteroatoms.